The number of nitrogens with zero attached hydrogens (tertiary/aromatic N) is 1. The van der Waals surface area contributed by atoms with Gasteiger partial charge in [-0.1, -0.05) is 57.0 Å². The highest BCUT2D eigenvalue weighted by molar-refractivity contribution is 5.99. The molecule has 1 aliphatic heterocycles. The van der Waals surface area contributed by atoms with Crippen LogP contribution in [0.4, 0.5) is 0 Å². The number of benzene rings is 1. The Kier molecular flexibility index (Phi) is 10.3. The van der Waals surface area contributed by atoms with Crippen LogP contribution in [0, 0.1) is 17.8 Å². The molecule has 7 nitrogen and oxygen atoms in total. The normalized spacial score (nSPS) is 23.2. The summed E-state index contributed by atoms with van der Waals surface area (Å²) in [5.74, 6) is -0.991. The standard InChI is InChI=1S/C29H39NO6/c1-19(2)18-35-28-20(3)36-29(33)23(17-24(31)26-27(32)25(34-4)14-15-30-26)13-9-8-12-22(28)16-21-10-6-5-7-11-21/h5-7,10-11,14-15,19-20,22-23,28,32H,8-9,12-13,16-18H2,1-4H3/t20-,22+,23+,28-/m0/s1. The number of methoxy groups -OCH3 is 1. The largest absolute Gasteiger partial charge is 0.503 e. The molecule has 36 heavy (non-hydrogen) atoms. The number of cyclic esters (lactones) is 1. The Morgan fingerprint density at radius 2 is 1.89 bits per heavy atom. The van der Waals surface area contributed by atoms with E-state index < -0.39 is 23.8 Å². The third kappa shape index (κ3) is 7.53. The summed E-state index contributed by atoms with van der Waals surface area (Å²) in [6, 6.07) is 11.8. The van der Waals surface area contributed by atoms with Crippen molar-refractivity contribution in [3.8, 4) is 11.5 Å². The lowest BCUT2D eigenvalue weighted by Gasteiger charge is -2.34. The van der Waals surface area contributed by atoms with E-state index in [0.29, 0.717) is 18.9 Å². The molecule has 2 heterocycles. The van der Waals surface area contributed by atoms with Crippen LogP contribution in [0.3, 0.4) is 0 Å². The number of rotatable bonds is 9. The van der Waals surface area contributed by atoms with E-state index in [1.807, 2.05) is 25.1 Å². The van der Waals surface area contributed by atoms with Crippen LogP contribution in [-0.4, -0.2) is 47.8 Å². The van der Waals surface area contributed by atoms with Crippen molar-refractivity contribution in [2.75, 3.05) is 13.7 Å². The molecule has 3 rings (SSSR count). The molecule has 0 bridgehead atoms. The summed E-state index contributed by atoms with van der Waals surface area (Å²) in [6.07, 6.45) is 4.68. The van der Waals surface area contributed by atoms with Crippen LogP contribution in [0.25, 0.3) is 0 Å². The second kappa shape index (κ2) is 13.4. The van der Waals surface area contributed by atoms with E-state index in [1.54, 1.807) is 0 Å². The van der Waals surface area contributed by atoms with Crippen LogP contribution >= 0.6 is 0 Å². The van der Waals surface area contributed by atoms with Gasteiger partial charge in [0.2, 0.25) is 0 Å². The summed E-state index contributed by atoms with van der Waals surface area (Å²) < 4.78 is 17.4. The molecule has 4 atom stereocenters. The Balaban J connectivity index is 1.76. The molecule has 0 radical (unpaired) electrons. The van der Waals surface area contributed by atoms with Crippen LogP contribution < -0.4 is 4.74 Å². The minimum absolute atomic E-state index is 0.0791. The van der Waals surface area contributed by atoms with E-state index in [2.05, 4.69) is 31.0 Å². The van der Waals surface area contributed by atoms with Gasteiger partial charge in [-0.3, -0.25) is 9.59 Å². The summed E-state index contributed by atoms with van der Waals surface area (Å²) in [4.78, 5) is 30.2. The molecule has 7 heteroatoms. The molecule has 1 aromatic heterocycles. The van der Waals surface area contributed by atoms with Gasteiger partial charge in [0, 0.05) is 25.3 Å². The molecule has 0 aliphatic carbocycles. The number of carbonyl (C=O) groups is 2. The molecule has 1 aromatic carbocycles. The fourth-order valence-corrected chi connectivity index (χ4v) is 4.83. The van der Waals surface area contributed by atoms with Crippen molar-refractivity contribution in [2.24, 2.45) is 17.8 Å². The van der Waals surface area contributed by atoms with E-state index in [1.165, 1.54) is 24.9 Å². The summed E-state index contributed by atoms with van der Waals surface area (Å²) in [5.41, 5.74) is 1.15. The number of ether oxygens (including phenoxy) is 3. The van der Waals surface area contributed by atoms with Gasteiger partial charge in [0.25, 0.3) is 0 Å². The number of hydrogen-bond donors (Lipinski definition) is 1. The van der Waals surface area contributed by atoms with Crippen molar-refractivity contribution >= 4 is 11.8 Å². The van der Waals surface area contributed by atoms with Gasteiger partial charge in [-0.05, 0) is 43.6 Å². The highest BCUT2D eigenvalue weighted by Crippen LogP contribution is 2.32. The molecule has 0 unspecified atom stereocenters. The number of hydrogen-bond acceptors (Lipinski definition) is 7. The molecule has 0 amide bonds. The minimum atomic E-state index is -0.608. The van der Waals surface area contributed by atoms with Gasteiger partial charge in [0.15, 0.2) is 23.0 Å². The van der Waals surface area contributed by atoms with Gasteiger partial charge in [-0.15, -0.1) is 0 Å². The summed E-state index contributed by atoms with van der Waals surface area (Å²) in [5, 5.41) is 10.3. The number of aromatic hydroxyl groups is 1. The number of Topliss-reactive ketones (excluding diaryl/α,β-unsaturated/α-hetero) is 1. The van der Waals surface area contributed by atoms with Gasteiger partial charge in [0.1, 0.15) is 6.10 Å². The van der Waals surface area contributed by atoms with Crippen molar-refractivity contribution in [1.82, 2.24) is 4.98 Å². The van der Waals surface area contributed by atoms with Crippen LogP contribution in [0.5, 0.6) is 11.5 Å². The predicted molar refractivity (Wildman–Crippen MR) is 137 cm³/mol. The lowest BCUT2D eigenvalue weighted by atomic mass is 9.84. The van der Waals surface area contributed by atoms with E-state index in [4.69, 9.17) is 14.2 Å². The second-order valence-electron chi connectivity index (χ2n) is 10.1. The molecular formula is C29H39NO6. The lowest BCUT2D eigenvalue weighted by molar-refractivity contribution is -0.166. The number of carbonyl (C=O) groups excluding carboxylic acids is 2. The third-order valence-electron chi connectivity index (χ3n) is 6.71. The van der Waals surface area contributed by atoms with Gasteiger partial charge < -0.3 is 19.3 Å². The Morgan fingerprint density at radius 3 is 2.58 bits per heavy atom. The monoisotopic (exact) mass is 497 g/mol. The highest BCUT2D eigenvalue weighted by atomic mass is 16.6. The Labute approximate surface area is 214 Å². The van der Waals surface area contributed by atoms with Crippen LogP contribution in [0.2, 0.25) is 0 Å². The van der Waals surface area contributed by atoms with E-state index >= 15 is 0 Å². The average Bonchev–Trinajstić information content (AvgIpc) is 2.85. The summed E-state index contributed by atoms with van der Waals surface area (Å²) >= 11 is 0. The number of ketones is 1. The summed E-state index contributed by atoms with van der Waals surface area (Å²) in [7, 11) is 1.41. The third-order valence-corrected chi connectivity index (χ3v) is 6.71. The van der Waals surface area contributed by atoms with Crippen molar-refractivity contribution in [3.05, 3.63) is 53.9 Å². The molecule has 1 saturated heterocycles. The first kappa shape index (κ1) is 27.7. The number of pyridine rings is 1. The second-order valence-corrected chi connectivity index (χ2v) is 10.1. The maximum absolute atomic E-state index is 13.2. The fourth-order valence-electron chi connectivity index (χ4n) is 4.83. The Hall–Kier alpha value is -2.93. The number of aromatic nitrogens is 1. The van der Waals surface area contributed by atoms with Crippen LogP contribution in [0.15, 0.2) is 42.6 Å². The molecule has 2 aromatic rings. The Morgan fingerprint density at radius 1 is 1.17 bits per heavy atom. The van der Waals surface area contributed by atoms with E-state index in [-0.39, 0.29) is 35.6 Å². The maximum Gasteiger partial charge on any atom is 0.309 e. The highest BCUT2D eigenvalue weighted by Gasteiger charge is 2.35. The lowest BCUT2D eigenvalue weighted by Crippen LogP contribution is -2.41. The first-order chi connectivity index (χ1) is 17.3. The minimum Gasteiger partial charge on any atom is -0.503 e. The SMILES string of the molecule is COc1ccnc(C(=O)C[C@H]2CCCC[C@H](Cc3ccccc3)[C@@H](OCC(C)C)[C@H](C)OC2=O)c1O. The molecule has 0 saturated carbocycles. The Bertz CT molecular complexity index is 993. The van der Waals surface area contributed by atoms with Crippen LogP contribution in [-0.2, 0) is 20.7 Å². The van der Waals surface area contributed by atoms with E-state index in [9.17, 15) is 14.7 Å². The van der Waals surface area contributed by atoms with Crippen molar-refractivity contribution < 1.29 is 28.9 Å². The molecule has 1 fully saturated rings. The van der Waals surface area contributed by atoms with Gasteiger partial charge in [0.05, 0.1) is 19.1 Å². The first-order valence-electron chi connectivity index (χ1n) is 12.9. The average molecular weight is 498 g/mol. The zero-order chi connectivity index (χ0) is 26.1. The zero-order valence-electron chi connectivity index (χ0n) is 21.8. The smallest absolute Gasteiger partial charge is 0.309 e. The van der Waals surface area contributed by atoms with Gasteiger partial charge in [-0.25, -0.2) is 4.98 Å². The zero-order valence-corrected chi connectivity index (χ0v) is 21.8. The first-order valence-corrected chi connectivity index (χ1v) is 12.9. The predicted octanol–water partition coefficient (Wildman–Crippen LogP) is 5.39. The van der Waals surface area contributed by atoms with E-state index in [0.717, 1.165) is 25.7 Å². The number of esters is 1. The molecule has 196 valence electrons. The molecule has 0 spiro atoms. The van der Waals surface area contributed by atoms with Crippen molar-refractivity contribution in [3.63, 3.8) is 0 Å². The fraction of sp³-hybridized carbons (Fsp3) is 0.552. The van der Waals surface area contributed by atoms with Crippen LogP contribution in [0.1, 0.15) is 68.9 Å². The molecule has 1 N–H and O–H groups in total. The summed E-state index contributed by atoms with van der Waals surface area (Å²) in [6.45, 7) is 6.68. The topological polar surface area (TPSA) is 95.0 Å². The van der Waals surface area contributed by atoms with Gasteiger partial charge in [-0.2, -0.15) is 0 Å². The maximum atomic E-state index is 13.2. The molecule has 1 aliphatic rings. The van der Waals surface area contributed by atoms with Gasteiger partial charge >= 0.3 is 5.97 Å². The molecular weight excluding hydrogens is 458 g/mol. The van der Waals surface area contributed by atoms with Crippen molar-refractivity contribution in [1.29, 1.82) is 0 Å². The quantitative estimate of drug-likeness (QED) is 0.367. The van der Waals surface area contributed by atoms with Crippen molar-refractivity contribution in [2.45, 2.75) is 71.5 Å².